The number of rotatable bonds is 5. The van der Waals surface area contributed by atoms with Gasteiger partial charge in [-0.1, -0.05) is 17.7 Å². The number of anilines is 1. The van der Waals surface area contributed by atoms with E-state index >= 15 is 0 Å². The fourth-order valence-corrected chi connectivity index (χ4v) is 1.67. The highest BCUT2D eigenvalue weighted by atomic mass is 35.5. The monoisotopic (exact) mass is 275 g/mol. The minimum atomic E-state index is -0.659. The van der Waals surface area contributed by atoms with E-state index in [1.165, 1.54) is 19.2 Å². The van der Waals surface area contributed by atoms with Crippen LogP contribution in [0.25, 0.3) is 0 Å². The Bertz CT molecular complexity index is 414. The van der Waals surface area contributed by atoms with Crippen LogP contribution in [0.2, 0.25) is 5.02 Å². The summed E-state index contributed by atoms with van der Waals surface area (Å²) in [5, 5.41) is 8.66. The molecule has 0 aliphatic heterocycles. The molecule has 0 saturated heterocycles. The van der Waals surface area contributed by atoms with Gasteiger partial charge in [-0.25, -0.2) is 9.18 Å². The highest BCUT2D eigenvalue weighted by Crippen LogP contribution is 2.26. The van der Waals surface area contributed by atoms with Crippen LogP contribution < -0.4 is 4.90 Å². The summed E-state index contributed by atoms with van der Waals surface area (Å²) in [7, 11) is 1.23. The molecule has 1 aromatic rings. The van der Waals surface area contributed by atoms with Gasteiger partial charge >= 0.3 is 6.09 Å². The number of aliphatic hydroxyl groups excluding tert-OH is 1. The Kier molecular flexibility index (Phi) is 5.88. The number of aliphatic hydroxyl groups is 1. The van der Waals surface area contributed by atoms with Crippen LogP contribution in [0, 0.1) is 5.82 Å². The molecule has 6 heteroatoms. The van der Waals surface area contributed by atoms with Crippen LogP contribution in [-0.2, 0) is 4.74 Å². The summed E-state index contributed by atoms with van der Waals surface area (Å²) in [5.74, 6) is -0.659. The maximum absolute atomic E-state index is 13.8. The molecular weight excluding hydrogens is 261 g/mol. The average molecular weight is 276 g/mol. The molecule has 0 aliphatic rings. The fourth-order valence-electron chi connectivity index (χ4n) is 1.50. The van der Waals surface area contributed by atoms with Crippen molar-refractivity contribution in [1.29, 1.82) is 0 Å². The zero-order valence-corrected chi connectivity index (χ0v) is 10.8. The zero-order chi connectivity index (χ0) is 13.5. The molecule has 0 aliphatic carbocycles. The number of nitrogens with zero attached hydrogens (tertiary/aromatic N) is 1. The molecule has 4 nitrogen and oxygen atoms in total. The molecule has 1 amide bonds. The first kappa shape index (κ1) is 14.7. The van der Waals surface area contributed by atoms with E-state index in [9.17, 15) is 9.18 Å². The third kappa shape index (κ3) is 3.58. The summed E-state index contributed by atoms with van der Waals surface area (Å²) >= 11 is 5.67. The van der Waals surface area contributed by atoms with Gasteiger partial charge in [0.2, 0.25) is 0 Å². The molecule has 0 heterocycles. The van der Waals surface area contributed by atoms with Crippen molar-refractivity contribution in [2.75, 3.05) is 25.2 Å². The molecule has 0 unspecified atom stereocenters. The first-order valence-corrected chi connectivity index (χ1v) is 5.90. The number of methoxy groups -OCH3 is 1. The maximum atomic E-state index is 13.8. The zero-order valence-electron chi connectivity index (χ0n) is 10.0. The van der Waals surface area contributed by atoms with Gasteiger partial charge in [0.25, 0.3) is 0 Å². The summed E-state index contributed by atoms with van der Waals surface area (Å²) in [6.45, 7) is 0.275. The van der Waals surface area contributed by atoms with Crippen LogP contribution in [0.4, 0.5) is 14.9 Å². The molecule has 0 atom stereocenters. The molecular formula is C12H15ClFNO3. The first-order chi connectivity index (χ1) is 8.61. The third-order valence-electron chi connectivity index (χ3n) is 2.41. The van der Waals surface area contributed by atoms with Crippen molar-refractivity contribution in [3.8, 4) is 0 Å². The Morgan fingerprint density at radius 3 is 2.83 bits per heavy atom. The van der Waals surface area contributed by atoms with Crippen LogP contribution in [0.5, 0.6) is 0 Å². The number of halogens is 2. The maximum Gasteiger partial charge on any atom is 0.414 e. The standard InChI is InChI=1S/C12H15ClFNO3/c1-18-12(17)15(7-2-3-8-16)10-6-4-5-9(13)11(10)14/h4-6,16H,2-3,7-8H2,1H3. The van der Waals surface area contributed by atoms with Crippen LogP contribution in [0.1, 0.15) is 12.8 Å². The highest BCUT2D eigenvalue weighted by Gasteiger charge is 2.20. The molecule has 1 aromatic carbocycles. The van der Waals surface area contributed by atoms with Crippen molar-refractivity contribution in [3.05, 3.63) is 29.0 Å². The summed E-state index contributed by atoms with van der Waals surface area (Å²) < 4.78 is 18.4. The predicted octanol–water partition coefficient (Wildman–Crippen LogP) is 2.82. The minimum absolute atomic E-state index is 0.0209. The van der Waals surface area contributed by atoms with E-state index in [0.29, 0.717) is 12.8 Å². The number of carbonyl (C=O) groups is 1. The van der Waals surface area contributed by atoms with Gasteiger partial charge in [0.05, 0.1) is 17.8 Å². The number of benzene rings is 1. The van der Waals surface area contributed by atoms with Gasteiger partial charge in [0, 0.05) is 13.2 Å². The van der Waals surface area contributed by atoms with Gasteiger partial charge in [0.1, 0.15) is 0 Å². The largest absolute Gasteiger partial charge is 0.452 e. The van der Waals surface area contributed by atoms with Crippen molar-refractivity contribution in [1.82, 2.24) is 0 Å². The van der Waals surface area contributed by atoms with E-state index < -0.39 is 11.9 Å². The van der Waals surface area contributed by atoms with E-state index in [-0.39, 0.29) is 23.9 Å². The Labute approximate surface area is 110 Å². The van der Waals surface area contributed by atoms with Crippen LogP contribution >= 0.6 is 11.6 Å². The predicted molar refractivity (Wildman–Crippen MR) is 67.5 cm³/mol. The lowest BCUT2D eigenvalue weighted by Gasteiger charge is -2.21. The lowest BCUT2D eigenvalue weighted by Crippen LogP contribution is -2.32. The average Bonchev–Trinajstić information content (AvgIpc) is 2.38. The second-order valence-corrected chi connectivity index (χ2v) is 4.03. The second kappa shape index (κ2) is 7.18. The number of hydrogen-bond donors (Lipinski definition) is 1. The molecule has 18 heavy (non-hydrogen) atoms. The van der Waals surface area contributed by atoms with Gasteiger partial charge in [0.15, 0.2) is 5.82 Å². The summed E-state index contributed by atoms with van der Waals surface area (Å²) in [6.07, 6.45) is 0.404. The van der Waals surface area contributed by atoms with Crippen molar-refractivity contribution >= 4 is 23.4 Å². The molecule has 0 radical (unpaired) electrons. The summed E-state index contributed by atoms with van der Waals surface area (Å²) in [5.41, 5.74) is 0.0762. The number of unbranched alkanes of at least 4 members (excludes halogenated alkanes) is 1. The van der Waals surface area contributed by atoms with Crippen LogP contribution in [0.3, 0.4) is 0 Å². The molecule has 0 fully saturated rings. The summed E-state index contributed by atoms with van der Waals surface area (Å²) in [4.78, 5) is 12.8. The molecule has 1 N–H and O–H groups in total. The molecule has 0 spiro atoms. The molecule has 0 bridgehead atoms. The Balaban J connectivity index is 2.94. The van der Waals surface area contributed by atoms with E-state index in [1.807, 2.05) is 0 Å². The number of ether oxygens (including phenoxy) is 1. The van der Waals surface area contributed by atoms with Gasteiger partial charge in [-0.2, -0.15) is 0 Å². The van der Waals surface area contributed by atoms with E-state index in [2.05, 4.69) is 4.74 Å². The number of hydrogen-bond acceptors (Lipinski definition) is 3. The van der Waals surface area contributed by atoms with E-state index in [1.54, 1.807) is 6.07 Å². The van der Waals surface area contributed by atoms with E-state index in [0.717, 1.165) is 4.90 Å². The van der Waals surface area contributed by atoms with Crippen molar-refractivity contribution < 1.29 is 19.0 Å². The summed E-state index contributed by atoms with van der Waals surface area (Å²) in [6, 6.07) is 4.42. The number of amides is 1. The van der Waals surface area contributed by atoms with Crippen LogP contribution in [-0.4, -0.2) is 31.5 Å². The van der Waals surface area contributed by atoms with Crippen molar-refractivity contribution in [3.63, 3.8) is 0 Å². The molecule has 0 aromatic heterocycles. The smallest absolute Gasteiger partial charge is 0.414 e. The molecule has 100 valence electrons. The SMILES string of the molecule is COC(=O)N(CCCCO)c1cccc(Cl)c1F. The topological polar surface area (TPSA) is 49.8 Å². The van der Waals surface area contributed by atoms with Gasteiger partial charge in [-0.15, -0.1) is 0 Å². The van der Waals surface area contributed by atoms with Crippen molar-refractivity contribution in [2.24, 2.45) is 0 Å². The normalized spacial score (nSPS) is 10.2. The van der Waals surface area contributed by atoms with Gasteiger partial charge in [-0.05, 0) is 25.0 Å². The van der Waals surface area contributed by atoms with E-state index in [4.69, 9.17) is 16.7 Å². The Morgan fingerprint density at radius 1 is 1.50 bits per heavy atom. The highest BCUT2D eigenvalue weighted by molar-refractivity contribution is 6.31. The Hall–Kier alpha value is -1.33. The Morgan fingerprint density at radius 2 is 2.22 bits per heavy atom. The fraction of sp³-hybridized carbons (Fsp3) is 0.417. The minimum Gasteiger partial charge on any atom is -0.452 e. The van der Waals surface area contributed by atoms with Gasteiger partial charge in [-0.3, -0.25) is 4.90 Å². The van der Waals surface area contributed by atoms with Crippen molar-refractivity contribution in [2.45, 2.75) is 12.8 Å². The molecule has 0 saturated carbocycles. The van der Waals surface area contributed by atoms with Gasteiger partial charge < -0.3 is 9.84 Å². The molecule has 1 rings (SSSR count). The second-order valence-electron chi connectivity index (χ2n) is 3.63. The lowest BCUT2D eigenvalue weighted by atomic mass is 10.2. The third-order valence-corrected chi connectivity index (χ3v) is 2.70. The van der Waals surface area contributed by atoms with Crippen LogP contribution in [0.15, 0.2) is 18.2 Å². The number of carbonyl (C=O) groups excluding carboxylic acids is 1. The lowest BCUT2D eigenvalue weighted by molar-refractivity contribution is 0.178. The first-order valence-electron chi connectivity index (χ1n) is 5.52. The quantitative estimate of drug-likeness (QED) is 0.841.